The minimum Gasteiger partial charge on any atom is -0.354 e. The van der Waals surface area contributed by atoms with E-state index in [1.807, 2.05) is 72.8 Å². The summed E-state index contributed by atoms with van der Waals surface area (Å²) in [5.74, 6) is 0. The quantitative estimate of drug-likeness (QED) is 0.116. The van der Waals surface area contributed by atoms with E-state index in [0.717, 1.165) is 64.4 Å². The van der Waals surface area contributed by atoms with Gasteiger partial charge in [-0.25, -0.2) is 0 Å². The van der Waals surface area contributed by atoms with E-state index in [1.165, 1.54) is 4.98 Å². The molecule has 4 aromatic carbocycles. The molecule has 3 N–H and O–H groups in total. The second kappa shape index (κ2) is 6.78. The monoisotopic (exact) mass is 478 g/mol. The van der Waals surface area contributed by atoms with Crippen molar-refractivity contribution >= 4 is 102 Å². The van der Waals surface area contributed by atoms with Crippen molar-refractivity contribution in [3.05, 3.63) is 86.3 Å². The van der Waals surface area contributed by atoms with Crippen LogP contribution in [0.4, 0.5) is 0 Å². The highest BCUT2D eigenvalue weighted by Crippen LogP contribution is 2.39. The molecule has 6 heteroatoms. The van der Waals surface area contributed by atoms with Crippen molar-refractivity contribution in [2.75, 3.05) is 0 Å². The Morgan fingerprint density at radius 1 is 0.485 bits per heavy atom. The van der Waals surface area contributed by atoms with E-state index in [4.69, 9.17) is 36.7 Å². The second-order valence-corrected chi connectivity index (χ2v) is 9.41. The molecule has 0 aliphatic carbocycles. The van der Waals surface area contributed by atoms with E-state index >= 15 is 0 Å². The van der Waals surface area contributed by atoms with Crippen molar-refractivity contribution in [1.29, 1.82) is 0 Å². The van der Waals surface area contributed by atoms with Crippen LogP contribution in [0.25, 0.3) is 65.4 Å². The Hall–Kier alpha value is -3.45. The third-order valence-corrected chi connectivity index (χ3v) is 7.67. The van der Waals surface area contributed by atoms with Gasteiger partial charge < -0.3 is 14.9 Å². The number of aromatic amines is 3. The van der Waals surface area contributed by atoms with Gasteiger partial charge in [-0.15, -0.1) is 0 Å². The van der Waals surface area contributed by atoms with Gasteiger partial charge in [0.15, 0.2) is 1.41 Å². The highest BCUT2D eigenvalue weighted by Gasteiger charge is 2.18. The first-order valence-corrected chi connectivity index (χ1v) is 11.8. The molecule has 0 unspecified atom stereocenters. The smallest absolute Gasteiger partial charge is 0.167 e. The highest BCUT2D eigenvalue weighted by atomic mass is 32.1. The van der Waals surface area contributed by atoms with Crippen LogP contribution in [-0.2, 0) is 0 Å². The van der Waals surface area contributed by atoms with E-state index in [2.05, 4.69) is 9.97 Å². The summed E-state index contributed by atoms with van der Waals surface area (Å²) in [5, 5.41) is 5.19. The van der Waals surface area contributed by atoms with Crippen molar-refractivity contribution < 1.29 is 1.41 Å². The zero-order valence-corrected chi connectivity index (χ0v) is 19.5. The molecule has 0 bridgehead atoms. The summed E-state index contributed by atoms with van der Waals surface area (Å²) in [6.07, 6.45) is 0. The lowest BCUT2D eigenvalue weighted by molar-refractivity contribution is 1.46. The molecule has 3 nitrogen and oxygen atoms in total. The van der Waals surface area contributed by atoms with Crippen LogP contribution in [0, 0.1) is 13.5 Å². The third-order valence-electron chi connectivity index (χ3n) is 6.40. The van der Waals surface area contributed by atoms with Gasteiger partial charge in [-0.3, -0.25) is 0 Å². The first kappa shape index (κ1) is 18.0. The Morgan fingerprint density at radius 2 is 0.848 bits per heavy atom. The predicted octanol–water partition coefficient (Wildman–Crippen LogP) is 8.78. The molecule has 0 saturated heterocycles. The van der Waals surface area contributed by atoms with E-state index in [-0.39, 0.29) is 0 Å². The second-order valence-electron chi connectivity index (χ2n) is 8.18. The molecule has 0 amide bonds. The van der Waals surface area contributed by atoms with Gasteiger partial charge in [0.05, 0.1) is 30.1 Å². The number of aromatic nitrogens is 3. The van der Waals surface area contributed by atoms with E-state index in [9.17, 15) is 1.41 Å². The fourth-order valence-electron chi connectivity index (χ4n) is 4.90. The SMILES string of the molecule is [2H]n1c2ccccc2c(=S)c2c3[nH]c4ccccc4c(=S)c3c3[nH]c4ccccc4c(=S)c3c21. The summed E-state index contributed by atoms with van der Waals surface area (Å²) >= 11 is 18.2. The molecular weight excluding hydrogens is 463 g/mol. The molecule has 0 aliphatic rings. The van der Waals surface area contributed by atoms with Gasteiger partial charge in [-0.2, -0.15) is 0 Å². The van der Waals surface area contributed by atoms with Gasteiger partial charge in [0.25, 0.3) is 0 Å². The summed E-state index contributed by atoms with van der Waals surface area (Å²) in [6, 6.07) is 23.8. The summed E-state index contributed by atoms with van der Waals surface area (Å²) in [7, 11) is 0. The van der Waals surface area contributed by atoms with Crippen LogP contribution >= 0.6 is 36.7 Å². The van der Waals surface area contributed by atoms with Crippen molar-refractivity contribution in [2.45, 2.75) is 0 Å². The zero-order chi connectivity index (χ0) is 23.1. The number of H-pyrrole nitrogens is 3. The number of benzene rings is 4. The number of hydrogen-bond acceptors (Lipinski definition) is 3. The Bertz CT molecular complexity index is 2140. The fraction of sp³-hybridized carbons (Fsp3) is 0. The molecule has 7 rings (SSSR count). The Morgan fingerprint density at radius 3 is 1.33 bits per heavy atom. The fourth-order valence-corrected chi connectivity index (χ4v) is 6.04. The molecule has 0 fully saturated rings. The number of para-hydroxylation sites is 3. The molecular formula is C27H15N3S3. The van der Waals surface area contributed by atoms with Gasteiger partial charge >= 0.3 is 0 Å². The van der Waals surface area contributed by atoms with E-state index in [0.29, 0.717) is 14.5 Å². The van der Waals surface area contributed by atoms with E-state index in [1.54, 1.807) is 0 Å². The average molecular weight is 479 g/mol. The molecule has 3 heterocycles. The molecule has 0 atom stereocenters. The maximum absolute atomic E-state index is 9.18. The standard InChI is InChI=1S/C27H15N3S3/c31-25-13-7-1-4-10-16(13)28-22-19(25)23-21(27(33)14-8-2-5-11-17(14)29-23)24-20(22)26(32)15-9-3-6-12-18(15)30-24/h1-12H,(H,28,31)(H,29,33)(H,30,32)/i/hD. The maximum Gasteiger partial charge on any atom is 0.167 e. The molecule has 0 saturated carbocycles. The first-order valence-electron chi connectivity index (χ1n) is 11.0. The molecule has 3 aromatic heterocycles. The number of fused-ring (bicyclic) bond motifs is 9. The van der Waals surface area contributed by atoms with Gasteiger partial charge in [0.1, 0.15) is 0 Å². The highest BCUT2D eigenvalue weighted by molar-refractivity contribution is 7.72. The minimum atomic E-state index is 0.680. The lowest BCUT2D eigenvalue weighted by Gasteiger charge is -2.15. The lowest BCUT2D eigenvalue weighted by atomic mass is 9.99. The van der Waals surface area contributed by atoms with Gasteiger partial charge in [0.2, 0.25) is 0 Å². The van der Waals surface area contributed by atoms with Gasteiger partial charge in [-0.1, -0.05) is 91.3 Å². The predicted molar refractivity (Wildman–Crippen MR) is 147 cm³/mol. The molecule has 0 aliphatic heterocycles. The van der Waals surface area contributed by atoms with Crippen LogP contribution < -0.4 is 0 Å². The summed E-state index contributed by atoms with van der Waals surface area (Å²) in [6.45, 7) is 0. The van der Waals surface area contributed by atoms with Crippen molar-refractivity contribution in [3.63, 3.8) is 0 Å². The zero-order valence-electron chi connectivity index (χ0n) is 18.1. The van der Waals surface area contributed by atoms with Crippen LogP contribution in [-0.4, -0.2) is 14.9 Å². The summed E-state index contributed by atoms with van der Waals surface area (Å²) in [4.78, 5) is 8.67. The van der Waals surface area contributed by atoms with Gasteiger partial charge in [-0.05, 0) is 18.2 Å². The molecule has 0 spiro atoms. The van der Waals surface area contributed by atoms with Crippen LogP contribution in [0.2, 0.25) is 1.41 Å². The first-order chi connectivity index (χ1) is 16.6. The van der Waals surface area contributed by atoms with Gasteiger partial charge in [0, 0.05) is 48.9 Å². The minimum absolute atomic E-state index is 0.680. The number of rotatable bonds is 0. The maximum atomic E-state index is 9.18. The Balaban J connectivity index is 1.98. The normalized spacial score (nSPS) is 12.4. The lowest BCUT2D eigenvalue weighted by Crippen LogP contribution is -1.95. The number of hydrogen-bond donors (Lipinski definition) is 3. The molecule has 0 radical (unpaired) electrons. The van der Waals surface area contributed by atoms with E-state index < -0.39 is 0 Å². The molecule has 7 aromatic rings. The average Bonchev–Trinajstić information content (AvgIpc) is 2.87. The van der Waals surface area contributed by atoms with Crippen molar-refractivity contribution in [2.24, 2.45) is 0 Å². The molecule has 33 heavy (non-hydrogen) atoms. The van der Waals surface area contributed by atoms with Crippen LogP contribution in [0.3, 0.4) is 0 Å². The van der Waals surface area contributed by atoms with Crippen molar-refractivity contribution in [3.8, 4) is 0 Å². The number of pyridine rings is 3. The molecule has 156 valence electrons. The number of nitrogens with one attached hydrogen (secondary N) is 3. The van der Waals surface area contributed by atoms with Crippen LogP contribution in [0.15, 0.2) is 72.8 Å². The third kappa shape index (κ3) is 2.51. The topological polar surface area (TPSA) is 47.4 Å². The van der Waals surface area contributed by atoms with Crippen LogP contribution in [0.5, 0.6) is 0 Å². The summed E-state index contributed by atoms with van der Waals surface area (Å²) in [5.41, 5.74) is 4.92. The summed E-state index contributed by atoms with van der Waals surface area (Å²) < 4.78 is 11.3. The Labute approximate surface area is 204 Å². The Kier molecular flexibility index (Phi) is 3.70. The van der Waals surface area contributed by atoms with Crippen LogP contribution in [0.1, 0.15) is 0 Å². The van der Waals surface area contributed by atoms with Crippen molar-refractivity contribution in [1.82, 2.24) is 14.9 Å². The largest absolute Gasteiger partial charge is 0.354 e.